The van der Waals surface area contributed by atoms with E-state index in [1.54, 1.807) is 12.1 Å². The average molecular weight is 192 g/mol. The maximum Gasteiger partial charge on any atom is 0.145 e. The molecule has 1 aromatic carbocycles. The van der Waals surface area contributed by atoms with Gasteiger partial charge in [-0.05, 0) is 19.2 Å². The summed E-state index contributed by atoms with van der Waals surface area (Å²) in [6.45, 7) is 0.852. The van der Waals surface area contributed by atoms with Gasteiger partial charge in [0.05, 0.1) is 0 Å². The predicted molar refractivity (Wildman–Crippen MR) is 53.3 cm³/mol. The van der Waals surface area contributed by atoms with Crippen LogP contribution < -0.4 is 5.32 Å². The van der Waals surface area contributed by atoms with E-state index in [2.05, 4.69) is 10.5 Å². The molecule has 4 nitrogen and oxygen atoms in total. The summed E-state index contributed by atoms with van der Waals surface area (Å²) in [5.74, 6) is 1.07. The molecular formula is C10H12N2O2. The second-order valence-electron chi connectivity index (χ2n) is 3.16. The second kappa shape index (κ2) is 3.67. The Labute approximate surface area is 81.5 Å². The van der Waals surface area contributed by atoms with Crippen molar-refractivity contribution < 1.29 is 9.63 Å². The van der Waals surface area contributed by atoms with Crippen molar-refractivity contribution in [1.29, 1.82) is 0 Å². The van der Waals surface area contributed by atoms with Gasteiger partial charge in [-0.15, -0.1) is 0 Å². The van der Waals surface area contributed by atoms with E-state index in [0.717, 1.165) is 24.1 Å². The summed E-state index contributed by atoms with van der Waals surface area (Å²) in [6.07, 6.45) is 0.803. The minimum atomic E-state index is 0.214. The zero-order valence-electron chi connectivity index (χ0n) is 7.95. The Morgan fingerprint density at radius 2 is 2.36 bits per heavy atom. The van der Waals surface area contributed by atoms with Gasteiger partial charge in [0.15, 0.2) is 0 Å². The Bertz CT molecular complexity index is 437. The SMILES string of the molecule is CNCCc1onc2cc(O)ccc12. The topological polar surface area (TPSA) is 58.3 Å². The number of hydrogen-bond donors (Lipinski definition) is 2. The lowest BCUT2D eigenvalue weighted by atomic mass is 10.2. The van der Waals surface area contributed by atoms with E-state index in [0.29, 0.717) is 5.52 Å². The predicted octanol–water partition coefficient (Wildman–Crippen LogP) is 1.30. The van der Waals surface area contributed by atoms with E-state index in [-0.39, 0.29) is 5.75 Å². The van der Waals surface area contributed by atoms with Crippen molar-refractivity contribution in [3.05, 3.63) is 24.0 Å². The molecule has 2 aromatic rings. The first kappa shape index (κ1) is 9.02. The van der Waals surface area contributed by atoms with Crippen LogP contribution >= 0.6 is 0 Å². The van der Waals surface area contributed by atoms with Gasteiger partial charge in [0.25, 0.3) is 0 Å². The van der Waals surface area contributed by atoms with Crippen LogP contribution in [0.5, 0.6) is 5.75 Å². The molecule has 0 fully saturated rings. The number of benzene rings is 1. The van der Waals surface area contributed by atoms with Gasteiger partial charge in [0.2, 0.25) is 0 Å². The molecule has 0 saturated carbocycles. The van der Waals surface area contributed by atoms with Gasteiger partial charge < -0.3 is 14.9 Å². The highest BCUT2D eigenvalue weighted by Gasteiger charge is 2.07. The van der Waals surface area contributed by atoms with Crippen LogP contribution in [0.1, 0.15) is 5.76 Å². The normalized spacial score (nSPS) is 10.9. The first-order chi connectivity index (χ1) is 6.81. The van der Waals surface area contributed by atoms with Gasteiger partial charge in [-0.2, -0.15) is 0 Å². The van der Waals surface area contributed by atoms with Gasteiger partial charge in [-0.1, -0.05) is 5.16 Å². The molecule has 0 spiro atoms. The van der Waals surface area contributed by atoms with E-state index >= 15 is 0 Å². The van der Waals surface area contributed by atoms with E-state index in [1.807, 2.05) is 13.1 Å². The van der Waals surface area contributed by atoms with Gasteiger partial charge >= 0.3 is 0 Å². The molecule has 0 unspecified atom stereocenters. The van der Waals surface area contributed by atoms with Crippen LogP contribution in [-0.4, -0.2) is 23.9 Å². The van der Waals surface area contributed by atoms with Crippen LogP contribution in [0.25, 0.3) is 10.9 Å². The third kappa shape index (κ3) is 1.56. The maximum absolute atomic E-state index is 9.22. The second-order valence-corrected chi connectivity index (χ2v) is 3.16. The fourth-order valence-electron chi connectivity index (χ4n) is 1.40. The zero-order valence-corrected chi connectivity index (χ0v) is 7.95. The highest BCUT2D eigenvalue weighted by Crippen LogP contribution is 2.22. The molecular weight excluding hydrogens is 180 g/mol. The van der Waals surface area contributed by atoms with Crippen molar-refractivity contribution in [2.75, 3.05) is 13.6 Å². The molecule has 0 amide bonds. The third-order valence-corrected chi connectivity index (χ3v) is 2.14. The van der Waals surface area contributed by atoms with Gasteiger partial charge in [-0.3, -0.25) is 0 Å². The minimum Gasteiger partial charge on any atom is -0.508 e. The van der Waals surface area contributed by atoms with Crippen LogP contribution in [0.2, 0.25) is 0 Å². The molecule has 0 atom stereocenters. The summed E-state index contributed by atoms with van der Waals surface area (Å²) in [4.78, 5) is 0. The fraction of sp³-hybridized carbons (Fsp3) is 0.300. The monoisotopic (exact) mass is 192 g/mol. The molecule has 1 aromatic heterocycles. The summed E-state index contributed by atoms with van der Waals surface area (Å²) in [5, 5.41) is 17.1. The standard InChI is InChI=1S/C10H12N2O2/c1-11-5-4-10-8-3-2-7(13)6-9(8)12-14-10/h2-3,6,11,13H,4-5H2,1H3. The lowest BCUT2D eigenvalue weighted by molar-refractivity contribution is 0.389. The highest BCUT2D eigenvalue weighted by atomic mass is 16.5. The summed E-state index contributed by atoms with van der Waals surface area (Å²) in [5.41, 5.74) is 0.705. The Kier molecular flexibility index (Phi) is 2.37. The number of aromatic nitrogens is 1. The summed E-state index contributed by atoms with van der Waals surface area (Å²) in [7, 11) is 1.89. The number of likely N-dealkylation sites (N-methyl/N-ethyl adjacent to an activating group) is 1. The number of fused-ring (bicyclic) bond motifs is 1. The number of hydrogen-bond acceptors (Lipinski definition) is 4. The lowest BCUT2D eigenvalue weighted by Gasteiger charge is -1.95. The van der Waals surface area contributed by atoms with E-state index in [1.165, 1.54) is 0 Å². The van der Waals surface area contributed by atoms with Crippen LogP contribution in [0, 0.1) is 0 Å². The number of aromatic hydroxyl groups is 1. The largest absolute Gasteiger partial charge is 0.508 e. The first-order valence-corrected chi connectivity index (χ1v) is 4.53. The summed E-state index contributed by atoms with van der Waals surface area (Å²) < 4.78 is 5.17. The first-order valence-electron chi connectivity index (χ1n) is 4.53. The Morgan fingerprint density at radius 1 is 1.50 bits per heavy atom. The average Bonchev–Trinajstić information content (AvgIpc) is 2.57. The van der Waals surface area contributed by atoms with Crippen molar-refractivity contribution in [1.82, 2.24) is 10.5 Å². The van der Waals surface area contributed by atoms with Crippen LogP contribution in [0.15, 0.2) is 22.7 Å². The van der Waals surface area contributed by atoms with Gasteiger partial charge in [0.1, 0.15) is 17.0 Å². The number of phenolic OH excluding ortho intramolecular Hbond substituents is 1. The molecule has 0 saturated heterocycles. The molecule has 4 heteroatoms. The smallest absolute Gasteiger partial charge is 0.145 e. The minimum absolute atomic E-state index is 0.214. The molecule has 0 aliphatic heterocycles. The van der Waals surface area contributed by atoms with Crippen molar-refractivity contribution in [3.63, 3.8) is 0 Å². The lowest BCUT2D eigenvalue weighted by Crippen LogP contribution is -2.09. The van der Waals surface area contributed by atoms with Gasteiger partial charge in [0, 0.05) is 24.4 Å². The number of phenols is 1. The molecule has 2 rings (SSSR count). The van der Waals surface area contributed by atoms with Crippen LogP contribution in [0.4, 0.5) is 0 Å². The Balaban J connectivity index is 2.37. The number of rotatable bonds is 3. The fourth-order valence-corrected chi connectivity index (χ4v) is 1.40. The van der Waals surface area contributed by atoms with E-state index < -0.39 is 0 Å². The van der Waals surface area contributed by atoms with Crippen molar-refractivity contribution in [3.8, 4) is 5.75 Å². The van der Waals surface area contributed by atoms with Crippen LogP contribution in [-0.2, 0) is 6.42 Å². The molecule has 74 valence electrons. The molecule has 0 bridgehead atoms. The molecule has 2 N–H and O–H groups in total. The molecule has 0 aliphatic rings. The summed E-state index contributed by atoms with van der Waals surface area (Å²) in [6, 6.07) is 5.07. The molecule has 0 radical (unpaired) electrons. The zero-order chi connectivity index (χ0) is 9.97. The van der Waals surface area contributed by atoms with E-state index in [9.17, 15) is 5.11 Å². The van der Waals surface area contributed by atoms with Crippen molar-refractivity contribution in [2.45, 2.75) is 6.42 Å². The van der Waals surface area contributed by atoms with Crippen molar-refractivity contribution >= 4 is 10.9 Å². The molecule has 14 heavy (non-hydrogen) atoms. The molecule has 1 heterocycles. The Hall–Kier alpha value is -1.55. The number of nitrogens with zero attached hydrogens (tertiary/aromatic N) is 1. The van der Waals surface area contributed by atoms with E-state index in [4.69, 9.17) is 4.52 Å². The quantitative estimate of drug-likeness (QED) is 0.769. The summed E-state index contributed by atoms with van der Waals surface area (Å²) >= 11 is 0. The third-order valence-electron chi connectivity index (χ3n) is 2.14. The highest BCUT2D eigenvalue weighted by molar-refractivity contribution is 5.81. The van der Waals surface area contributed by atoms with Crippen LogP contribution in [0.3, 0.4) is 0 Å². The Morgan fingerprint density at radius 3 is 3.14 bits per heavy atom. The number of nitrogens with one attached hydrogen (secondary N) is 1. The maximum atomic E-state index is 9.22. The van der Waals surface area contributed by atoms with Gasteiger partial charge in [-0.25, -0.2) is 0 Å². The molecule has 0 aliphatic carbocycles. The van der Waals surface area contributed by atoms with Crippen molar-refractivity contribution in [2.24, 2.45) is 0 Å².